The molecule has 0 N–H and O–H groups in total. The summed E-state index contributed by atoms with van der Waals surface area (Å²) in [7, 11) is 1.56. The zero-order chi connectivity index (χ0) is 23.7. The first-order chi connectivity index (χ1) is 15.8. The highest BCUT2D eigenvalue weighted by Gasteiger charge is 2.35. The number of hydrogen-bond donors (Lipinski definition) is 0. The molecule has 0 unspecified atom stereocenters. The summed E-state index contributed by atoms with van der Waals surface area (Å²) in [6, 6.07) is 8.39. The highest BCUT2D eigenvalue weighted by Crippen LogP contribution is 2.37. The fourth-order valence-corrected chi connectivity index (χ4v) is 5.11. The lowest BCUT2D eigenvalue weighted by atomic mass is 9.95. The Hall–Kier alpha value is -3.04. The molecule has 1 aliphatic heterocycles. The van der Waals surface area contributed by atoms with E-state index in [1.807, 2.05) is 24.3 Å². The molecule has 0 spiro atoms. The van der Waals surface area contributed by atoms with E-state index in [4.69, 9.17) is 9.47 Å². The number of ether oxygens (including phenoxy) is 2. The van der Waals surface area contributed by atoms with Crippen molar-refractivity contribution in [2.24, 2.45) is 4.99 Å². The molecular formula is C24H22BrN3O4S. The van der Waals surface area contributed by atoms with Crippen LogP contribution in [0, 0.1) is 0 Å². The van der Waals surface area contributed by atoms with E-state index in [2.05, 4.69) is 25.9 Å². The molecule has 7 nitrogen and oxygen atoms in total. The Kier molecular flexibility index (Phi) is 6.62. The lowest BCUT2D eigenvalue weighted by molar-refractivity contribution is -0.143. The molecule has 1 aliphatic rings. The van der Waals surface area contributed by atoms with Gasteiger partial charge in [-0.25, -0.2) is 9.79 Å². The Morgan fingerprint density at radius 3 is 2.64 bits per heavy atom. The third-order valence-electron chi connectivity index (χ3n) is 5.07. The molecular weight excluding hydrogens is 506 g/mol. The summed E-state index contributed by atoms with van der Waals surface area (Å²) in [6.07, 6.45) is 4.82. The number of allylic oxidation sites excluding steroid dienone is 1. The summed E-state index contributed by atoms with van der Waals surface area (Å²) in [5.41, 5.74) is 2.08. The number of carbonyl (C=O) groups is 1. The van der Waals surface area contributed by atoms with Crippen molar-refractivity contribution in [1.29, 1.82) is 0 Å². The van der Waals surface area contributed by atoms with Crippen LogP contribution in [0.1, 0.15) is 37.9 Å². The molecule has 33 heavy (non-hydrogen) atoms. The van der Waals surface area contributed by atoms with Gasteiger partial charge in [-0.05, 0) is 62.7 Å². The minimum Gasteiger partial charge on any atom is -0.496 e. The third-order valence-corrected chi connectivity index (χ3v) is 6.55. The van der Waals surface area contributed by atoms with Gasteiger partial charge in [0.05, 0.1) is 29.0 Å². The van der Waals surface area contributed by atoms with E-state index in [0.29, 0.717) is 31.9 Å². The molecule has 0 bridgehead atoms. The van der Waals surface area contributed by atoms with Gasteiger partial charge in [0, 0.05) is 22.4 Å². The summed E-state index contributed by atoms with van der Waals surface area (Å²) < 4.78 is 14.0. The number of benzene rings is 1. The van der Waals surface area contributed by atoms with Gasteiger partial charge in [-0.2, -0.15) is 0 Å². The van der Waals surface area contributed by atoms with Crippen molar-refractivity contribution in [3.05, 3.63) is 89.3 Å². The van der Waals surface area contributed by atoms with Gasteiger partial charge in [-0.3, -0.25) is 14.3 Å². The number of aromatic nitrogens is 2. The summed E-state index contributed by atoms with van der Waals surface area (Å²) in [6.45, 7) is 5.33. The van der Waals surface area contributed by atoms with E-state index < -0.39 is 12.0 Å². The Balaban J connectivity index is 2.01. The van der Waals surface area contributed by atoms with Crippen LogP contribution in [0.4, 0.5) is 0 Å². The number of esters is 1. The molecule has 3 heterocycles. The first kappa shape index (κ1) is 23.1. The molecule has 0 amide bonds. The Bertz CT molecular complexity index is 1420. The third kappa shape index (κ3) is 4.56. The van der Waals surface area contributed by atoms with Gasteiger partial charge in [-0.15, -0.1) is 0 Å². The van der Waals surface area contributed by atoms with Crippen LogP contribution in [0.15, 0.2) is 68.3 Å². The van der Waals surface area contributed by atoms with Crippen LogP contribution >= 0.6 is 27.3 Å². The molecule has 0 aliphatic carbocycles. The van der Waals surface area contributed by atoms with Crippen LogP contribution in [-0.2, 0) is 9.53 Å². The molecule has 4 rings (SSSR count). The summed E-state index contributed by atoms with van der Waals surface area (Å²) in [5, 5.41) is 0. The van der Waals surface area contributed by atoms with Gasteiger partial charge in [0.2, 0.25) is 0 Å². The number of methoxy groups -OCH3 is 1. The number of nitrogens with zero attached hydrogens (tertiary/aromatic N) is 3. The molecule has 1 aromatic carbocycles. The van der Waals surface area contributed by atoms with E-state index in [0.717, 1.165) is 10.0 Å². The van der Waals surface area contributed by atoms with E-state index in [1.54, 1.807) is 57.0 Å². The molecule has 170 valence electrons. The summed E-state index contributed by atoms with van der Waals surface area (Å²) >= 11 is 4.78. The minimum atomic E-state index is -0.750. The standard InChI is InChI=1S/C24H22BrN3O4S/c1-13(2)32-23(30)20-14(3)27-24-28(21(20)17-12-16(25)5-6-18(17)31-4)22(29)19(33-24)11-15-7-9-26-10-8-15/h5-13,21H,1-4H3/b19-11-/t21-/m1/s1. The second kappa shape index (κ2) is 9.44. The quantitative estimate of drug-likeness (QED) is 0.475. The first-order valence-corrected chi connectivity index (χ1v) is 11.9. The van der Waals surface area contributed by atoms with Gasteiger partial charge in [0.25, 0.3) is 5.56 Å². The van der Waals surface area contributed by atoms with Crippen molar-refractivity contribution in [3.63, 3.8) is 0 Å². The van der Waals surface area contributed by atoms with Crippen LogP contribution in [0.2, 0.25) is 0 Å². The second-order valence-corrected chi connectivity index (χ2v) is 9.63. The fourth-order valence-electron chi connectivity index (χ4n) is 3.68. The maximum absolute atomic E-state index is 13.6. The van der Waals surface area contributed by atoms with Gasteiger partial charge in [0.1, 0.15) is 11.8 Å². The topological polar surface area (TPSA) is 82.8 Å². The van der Waals surface area contributed by atoms with Crippen LogP contribution < -0.4 is 19.6 Å². The minimum absolute atomic E-state index is 0.245. The van der Waals surface area contributed by atoms with Gasteiger partial charge in [-0.1, -0.05) is 27.3 Å². The van der Waals surface area contributed by atoms with Gasteiger partial charge < -0.3 is 9.47 Å². The van der Waals surface area contributed by atoms with Crippen molar-refractivity contribution >= 4 is 39.3 Å². The SMILES string of the molecule is COc1ccc(Br)cc1[C@@H]1C(C(=O)OC(C)C)=C(C)N=c2s/c(=C\c3ccncc3)c(=O)n21. The average molecular weight is 528 g/mol. The number of fused-ring (bicyclic) bond motifs is 1. The largest absolute Gasteiger partial charge is 0.496 e. The predicted octanol–water partition coefficient (Wildman–Crippen LogP) is 3.35. The van der Waals surface area contributed by atoms with Crippen molar-refractivity contribution < 1.29 is 14.3 Å². The van der Waals surface area contributed by atoms with E-state index in [9.17, 15) is 9.59 Å². The number of carbonyl (C=O) groups excluding carboxylic acids is 1. The Morgan fingerprint density at radius 2 is 1.97 bits per heavy atom. The van der Waals surface area contributed by atoms with Gasteiger partial charge >= 0.3 is 5.97 Å². The second-order valence-electron chi connectivity index (χ2n) is 7.70. The van der Waals surface area contributed by atoms with E-state index in [-0.39, 0.29) is 11.7 Å². The predicted molar refractivity (Wildman–Crippen MR) is 130 cm³/mol. The van der Waals surface area contributed by atoms with E-state index >= 15 is 0 Å². The number of rotatable bonds is 5. The number of hydrogen-bond acceptors (Lipinski definition) is 7. The average Bonchev–Trinajstić information content (AvgIpc) is 3.07. The number of pyridine rings is 1. The van der Waals surface area contributed by atoms with Crippen molar-refractivity contribution in [2.45, 2.75) is 32.9 Å². The molecule has 9 heteroatoms. The maximum atomic E-state index is 13.6. The molecule has 0 radical (unpaired) electrons. The zero-order valence-electron chi connectivity index (χ0n) is 18.5. The highest BCUT2D eigenvalue weighted by molar-refractivity contribution is 9.10. The molecule has 3 aromatic rings. The van der Waals surface area contributed by atoms with Crippen LogP contribution in [-0.4, -0.2) is 28.7 Å². The Labute approximate surface area is 202 Å². The molecule has 2 aromatic heterocycles. The maximum Gasteiger partial charge on any atom is 0.338 e. The van der Waals surface area contributed by atoms with Crippen LogP contribution in [0.3, 0.4) is 0 Å². The monoisotopic (exact) mass is 527 g/mol. The number of thiazole rings is 1. The molecule has 0 fully saturated rings. The summed E-state index contributed by atoms with van der Waals surface area (Å²) in [4.78, 5) is 35.9. The van der Waals surface area contributed by atoms with Crippen molar-refractivity contribution in [2.75, 3.05) is 7.11 Å². The molecule has 0 saturated carbocycles. The molecule has 0 saturated heterocycles. The fraction of sp³-hybridized carbons (Fsp3) is 0.250. The van der Waals surface area contributed by atoms with Crippen molar-refractivity contribution in [1.82, 2.24) is 9.55 Å². The lowest BCUT2D eigenvalue weighted by Crippen LogP contribution is -2.40. The van der Waals surface area contributed by atoms with Crippen LogP contribution in [0.5, 0.6) is 5.75 Å². The van der Waals surface area contributed by atoms with Crippen LogP contribution in [0.25, 0.3) is 6.08 Å². The lowest BCUT2D eigenvalue weighted by Gasteiger charge is -2.26. The normalized spacial score (nSPS) is 15.9. The smallest absolute Gasteiger partial charge is 0.338 e. The first-order valence-electron chi connectivity index (χ1n) is 10.3. The summed E-state index contributed by atoms with van der Waals surface area (Å²) in [5.74, 6) is 0.0400. The molecule has 1 atom stereocenters. The van der Waals surface area contributed by atoms with Crippen molar-refractivity contribution in [3.8, 4) is 5.75 Å². The Morgan fingerprint density at radius 1 is 1.24 bits per heavy atom. The number of halogens is 1. The highest BCUT2D eigenvalue weighted by atomic mass is 79.9. The zero-order valence-corrected chi connectivity index (χ0v) is 20.9. The van der Waals surface area contributed by atoms with E-state index in [1.165, 1.54) is 11.3 Å². The van der Waals surface area contributed by atoms with Gasteiger partial charge in [0.15, 0.2) is 4.80 Å².